The minimum atomic E-state index is -4.19. The zero-order chi connectivity index (χ0) is 23.4. The van der Waals surface area contributed by atoms with Crippen molar-refractivity contribution in [2.75, 3.05) is 16.6 Å². The molecule has 0 aromatic heterocycles. The number of nitrogens with one attached hydrogen (secondary N) is 2. The van der Waals surface area contributed by atoms with Crippen LogP contribution in [0.15, 0.2) is 47.4 Å². The van der Waals surface area contributed by atoms with Crippen LogP contribution in [0.1, 0.15) is 33.3 Å². The molecule has 1 atom stereocenters. The molecule has 0 aliphatic carbocycles. The maximum absolute atomic E-state index is 13.6. The van der Waals surface area contributed by atoms with Crippen LogP contribution in [0, 0.1) is 5.92 Å². The number of hydrogen-bond acceptors (Lipinski definition) is 5. The Morgan fingerprint density at radius 1 is 1.16 bits per heavy atom. The van der Waals surface area contributed by atoms with Crippen molar-refractivity contribution < 1.29 is 31.8 Å². The Labute approximate surface area is 180 Å². The van der Waals surface area contributed by atoms with Gasteiger partial charge in [-0.25, -0.2) is 17.2 Å². The Balaban J connectivity index is 2.35. The fourth-order valence-corrected chi connectivity index (χ4v) is 3.84. The van der Waals surface area contributed by atoms with Gasteiger partial charge in [0.25, 0.3) is 21.9 Å². The average Bonchev–Trinajstić information content (AvgIpc) is 2.66. The second kappa shape index (κ2) is 9.61. The summed E-state index contributed by atoms with van der Waals surface area (Å²) in [4.78, 5) is 11.8. The molecule has 0 aliphatic heterocycles. The van der Waals surface area contributed by atoms with Crippen molar-refractivity contribution in [3.05, 3.63) is 48.0 Å². The summed E-state index contributed by atoms with van der Waals surface area (Å²) in [6.45, 7) is 5.88. The molecule has 0 unspecified atom stereocenters. The number of carbonyl (C=O) groups is 1. The number of aliphatic hydroxyl groups excluding tert-OH is 1. The van der Waals surface area contributed by atoms with Crippen LogP contribution in [0.4, 0.5) is 20.2 Å². The summed E-state index contributed by atoms with van der Waals surface area (Å²) >= 11 is 0. The van der Waals surface area contributed by atoms with E-state index in [1.54, 1.807) is 20.8 Å². The molecule has 170 valence electrons. The summed E-state index contributed by atoms with van der Waals surface area (Å²) in [5.41, 5.74) is -0.127. The molecule has 31 heavy (non-hydrogen) atoms. The number of amides is 1. The molecule has 3 N–H and O–H groups in total. The number of hydrogen-bond donors (Lipinski definition) is 3. The van der Waals surface area contributed by atoms with Crippen LogP contribution in [0.25, 0.3) is 0 Å². The number of anilines is 2. The SMILES string of the molecule is CCOc1cc(NC(=O)[C@@H](O)C(C)C)ccc1S(=O)(=O)Nc1cccc(C(C)(F)F)c1. The van der Waals surface area contributed by atoms with Gasteiger partial charge in [-0.1, -0.05) is 26.0 Å². The van der Waals surface area contributed by atoms with Gasteiger partial charge in [-0.2, -0.15) is 0 Å². The zero-order valence-electron chi connectivity index (χ0n) is 17.6. The molecule has 1 amide bonds. The van der Waals surface area contributed by atoms with E-state index >= 15 is 0 Å². The quantitative estimate of drug-likeness (QED) is 0.530. The highest BCUT2D eigenvalue weighted by Crippen LogP contribution is 2.32. The molecule has 2 rings (SSSR count). The smallest absolute Gasteiger partial charge is 0.270 e. The van der Waals surface area contributed by atoms with Gasteiger partial charge in [-0.05, 0) is 37.1 Å². The lowest BCUT2D eigenvalue weighted by molar-refractivity contribution is -0.125. The number of halogens is 2. The fourth-order valence-electron chi connectivity index (χ4n) is 2.66. The van der Waals surface area contributed by atoms with Gasteiger partial charge in [0.1, 0.15) is 16.7 Å². The van der Waals surface area contributed by atoms with Crippen LogP contribution < -0.4 is 14.8 Å². The van der Waals surface area contributed by atoms with Crippen molar-refractivity contribution >= 4 is 27.3 Å². The highest BCUT2D eigenvalue weighted by molar-refractivity contribution is 7.92. The van der Waals surface area contributed by atoms with Crippen molar-refractivity contribution in [2.24, 2.45) is 5.92 Å². The number of sulfonamides is 1. The minimum absolute atomic E-state index is 0.0288. The predicted octanol–water partition coefficient (Wildman–Crippen LogP) is 3.95. The van der Waals surface area contributed by atoms with E-state index in [2.05, 4.69) is 10.0 Å². The minimum Gasteiger partial charge on any atom is -0.492 e. The summed E-state index contributed by atoms with van der Waals surface area (Å²) < 4.78 is 60.6. The molecule has 0 aliphatic rings. The van der Waals surface area contributed by atoms with Gasteiger partial charge < -0.3 is 15.2 Å². The summed E-state index contributed by atoms with van der Waals surface area (Å²) in [5, 5.41) is 12.4. The predicted molar refractivity (Wildman–Crippen MR) is 114 cm³/mol. The normalized spacial score (nSPS) is 13.0. The second-order valence-electron chi connectivity index (χ2n) is 7.35. The highest BCUT2D eigenvalue weighted by atomic mass is 32.2. The van der Waals surface area contributed by atoms with E-state index in [4.69, 9.17) is 4.74 Å². The monoisotopic (exact) mass is 456 g/mol. The van der Waals surface area contributed by atoms with E-state index < -0.39 is 28.0 Å². The molecule has 0 heterocycles. The molecule has 2 aromatic rings. The Kier molecular flexibility index (Phi) is 7.61. The number of rotatable bonds is 9. The summed E-state index contributed by atoms with van der Waals surface area (Å²) in [7, 11) is -4.19. The lowest BCUT2D eigenvalue weighted by Crippen LogP contribution is -2.31. The van der Waals surface area contributed by atoms with E-state index in [1.165, 1.54) is 36.4 Å². The van der Waals surface area contributed by atoms with Gasteiger partial charge in [-0.15, -0.1) is 0 Å². The van der Waals surface area contributed by atoms with Crippen molar-refractivity contribution in [3.63, 3.8) is 0 Å². The van der Waals surface area contributed by atoms with E-state index in [9.17, 15) is 27.1 Å². The molecule has 10 heteroatoms. The zero-order valence-corrected chi connectivity index (χ0v) is 18.5. The number of ether oxygens (including phenoxy) is 1. The first-order valence-electron chi connectivity index (χ1n) is 9.62. The molecule has 0 saturated carbocycles. The van der Waals surface area contributed by atoms with Gasteiger partial charge >= 0.3 is 0 Å². The van der Waals surface area contributed by atoms with Gasteiger partial charge in [0.2, 0.25) is 0 Å². The number of aliphatic hydroxyl groups is 1. The second-order valence-corrected chi connectivity index (χ2v) is 9.00. The van der Waals surface area contributed by atoms with Crippen LogP contribution in [0.5, 0.6) is 5.75 Å². The van der Waals surface area contributed by atoms with Crippen LogP contribution in [-0.2, 0) is 20.7 Å². The van der Waals surface area contributed by atoms with Crippen molar-refractivity contribution in [1.29, 1.82) is 0 Å². The van der Waals surface area contributed by atoms with Crippen molar-refractivity contribution in [1.82, 2.24) is 0 Å². The fraction of sp³-hybridized carbons (Fsp3) is 0.381. The highest BCUT2D eigenvalue weighted by Gasteiger charge is 2.26. The molecule has 0 spiro atoms. The summed E-state index contributed by atoms with van der Waals surface area (Å²) in [5.74, 6) is -4.10. The Morgan fingerprint density at radius 3 is 2.42 bits per heavy atom. The summed E-state index contributed by atoms with van der Waals surface area (Å²) in [6, 6.07) is 8.83. The molecule has 7 nitrogen and oxygen atoms in total. The topological polar surface area (TPSA) is 105 Å². The van der Waals surface area contributed by atoms with Gasteiger partial charge in [0, 0.05) is 29.9 Å². The molecule has 0 bridgehead atoms. The van der Waals surface area contributed by atoms with Gasteiger partial charge in [-0.3, -0.25) is 9.52 Å². The summed E-state index contributed by atoms with van der Waals surface area (Å²) in [6.07, 6.45) is -1.23. The van der Waals surface area contributed by atoms with Crippen LogP contribution in [0.2, 0.25) is 0 Å². The van der Waals surface area contributed by atoms with E-state index in [-0.39, 0.29) is 40.1 Å². The maximum Gasteiger partial charge on any atom is 0.270 e. The maximum atomic E-state index is 13.6. The van der Waals surface area contributed by atoms with Crippen molar-refractivity contribution in [2.45, 2.75) is 44.6 Å². The largest absolute Gasteiger partial charge is 0.492 e. The van der Waals surface area contributed by atoms with Gasteiger partial charge in [0.05, 0.1) is 6.61 Å². The first-order valence-corrected chi connectivity index (χ1v) is 11.1. The lowest BCUT2D eigenvalue weighted by atomic mass is 10.1. The van der Waals surface area contributed by atoms with Crippen molar-refractivity contribution in [3.8, 4) is 5.75 Å². The molecular formula is C21H26F2N2O5S. The Hall–Kier alpha value is -2.72. The Bertz CT molecular complexity index is 1040. The molecule has 0 fully saturated rings. The molecular weight excluding hydrogens is 430 g/mol. The molecule has 2 aromatic carbocycles. The first-order chi connectivity index (χ1) is 14.3. The van der Waals surface area contributed by atoms with Crippen LogP contribution in [-0.4, -0.2) is 32.1 Å². The third kappa shape index (κ3) is 6.38. The molecule has 0 radical (unpaired) electrons. The third-order valence-corrected chi connectivity index (χ3v) is 5.74. The first kappa shape index (κ1) is 24.5. The third-order valence-electron chi connectivity index (χ3n) is 4.32. The van der Waals surface area contributed by atoms with E-state index in [1.807, 2.05) is 0 Å². The van der Waals surface area contributed by atoms with E-state index in [0.717, 1.165) is 13.0 Å². The van der Waals surface area contributed by atoms with Gasteiger partial charge in [0.15, 0.2) is 0 Å². The van der Waals surface area contributed by atoms with Crippen LogP contribution in [0.3, 0.4) is 0 Å². The van der Waals surface area contributed by atoms with E-state index in [0.29, 0.717) is 0 Å². The Morgan fingerprint density at radius 2 is 1.84 bits per heavy atom. The average molecular weight is 457 g/mol. The number of carbonyl (C=O) groups excluding carboxylic acids is 1. The lowest BCUT2D eigenvalue weighted by Gasteiger charge is -2.17. The standard InChI is InChI=1S/C21H26F2N2O5S/c1-5-30-17-12-15(24-20(27)19(26)13(2)3)9-10-18(17)31(28,29)25-16-8-6-7-14(11-16)21(4,22)23/h6-13,19,25-26H,5H2,1-4H3,(H,24,27)/t19-/m0/s1. The van der Waals surface area contributed by atoms with Crippen LogP contribution >= 0.6 is 0 Å². The number of alkyl halides is 2. The molecule has 0 saturated heterocycles. The number of benzene rings is 2.